The number of amides is 1. The molecule has 0 heterocycles. The van der Waals surface area contributed by atoms with Gasteiger partial charge in [0.15, 0.2) is 5.96 Å². The zero-order valence-corrected chi connectivity index (χ0v) is 14.3. The number of guanidine groups is 1. The summed E-state index contributed by atoms with van der Waals surface area (Å²) in [5.74, 6) is 0.535. The van der Waals surface area contributed by atoms with Gasteiger partial charge in [-0.3, -0.25) is 4.79 Å². The Hall–Kier alpha value is -2.08. The molecule has 128 valence electrons. The van der Waals surface area contributed by atoms with Crippen LogP contribution in [0.4, 0.5) is 0 Å². The zero-order chi connectivity index (χ0) is 16.9. The number of nitrogens with zero attached hydrogens (tertiary/aromatic N) is 1. The van der Waals surface area contributed by atoms with Crippen LogP contribution in [-0.4, -0.2) is 51.3 Å². The predicted octanol–water partition coefficient (Wildman–Crippen LogP) is 0.935. The molecule has 0 aliphatic carbocycles. The van der Waals surface area contributed by atoms with E-state index in [-0.39, 0.29) is 18.5 Å². The van der Waals surface area contributed by atoms with Crippen LogP contribution in [0.25, 0.3) is 0 Å². The van der Waals surface area contributed by atoms with Crippen molar-refractivity contribution in [2.45, 2.75) is 26.3 Å². The highest BCUT2D eigenvalue weighted by Crippen LogP contribution is 1.97. The molecular weight excluding hydrogens is 292 g/mol. The number of nitrogens with one attached hydrogen (secondary N) is 3. The summed E-state index contributed by atoms with van der Waals surface area (Å²) in [4.78, 5) is 16.1. The van der Waals surface area contributed by atoms with E-state index in [1.165, 1.54) is 5.56 Å². The molecule has 3 N–H and O–H groups in total. The van der Waals surface area contributed by atoms with Crippen LogP contribution >= 0.6 is 0 Å². The molecule has 23 heavy (non-hydrogen) atoms. The summed E-state index contributed by atoms with van der Waals surface area (Å²) in [7, 11) is 1.66. The second-order valence-electron chi connectivity index (χ2n) is 5.28. The molecule has 1 atom stereocenters. The zero-order valence-electron chi connectivity index (χ0n) is 14.3. The highest BCUT2D eigenvalue weighted by atomic mass is 16.5. The molecule has 1 aromatic rings. The molecule has 6 nitrogen and oxygen atoms in total. The number of hydrogen-bond acceptors (Lipinski definition) is 3. The lowest BCUT2D eigenvalue weighted by Crippen LogP contribution is -2.44. The summed E-state index contributed by atoms with van der Waals surface area (Å²) in [6.45, 7) is 6.01. The number of carbonyl (C=O) groups excluding carboxylic acids is 1. The number of rotatable bonds is 9. The van der Waals surface area contributed by atoms with Gasteiger partial charge in [0.1, 0.15) is 6.54 Å². The van der Waals surface area contributed by atoms with Crippen LogP contribution in [0, 0.1) is 0 Å². The number of methoxy groups -OCH3 is 1. The Morgan fingerprint density at radius 3 is 2.65 bits per heavy atom. The Morgan fingerprint density at radius 2 is 2.00 bits per heavy atom. The highest BCUT2D eigenvalue weighted by Gasteiger charge is 2.06. The first-order chi connectivity index (χ1) is 11.2. The van der Waals surface area contributed by atoms with Gasteiger partial charge in [-0.2, -0.15) is 0 Å². The van der Waals surface area contributed by atoms with E-state index in [0.29, 0.717) is 19.1 Å². The van der Waals surface area contributed by atoms with Gasteiger partial charge >= 0.3 is 0 Å². The standard InChI is InChI=1S/C17H28N4O2/c1-4-18-17(21-14(2)13-23-3)20-12-16(22)19-11-10-15-8-6-5-7-9-15/h5-9,14H,4,10-13H2,1-3H3,(H,19,22)(H2,18,20,21). The third-order valence-electron chi connectivity index (χ3n) is 3.10. The lowest BCUT2D eigenvalue weighted by atomic mass is 10.1. The third kappa shape index (κ3) is 8.83. The van der Waals surface area contributed by atoms with Gasteiger partial charge in [0.05, 0.1) is 6.61 Å². The highest BCUT2D eigenvalue weighted by molar-refractivity contribution is 5.85. The van der Waals surface area contributed by atoms with Crippen molar-refractivity contribution >= 4 is 11.9 Å². The van der Waals surface area contributed by atoms with E-state index in [2.05, 4.69) is 33.1 Å². The fourth-order valence-electron chi connectivity index (χ4n) is 2.04. The normalized spacial score (nSPS) is 12.6. The molecule has 1 unspecified atom stereocenters. The summed E-state index contributed by atoms with van der Waals surface area (Å²) in [5, 5.41) is 9.18. The van der Waals surface area contributed by atoms with Crippen LogP contribution in [-0.2, 0) is 16.0 Å². The molecule has 0 saturated carbocycles. The van der Waals surface area contributed by atoms with Crippen molar-refractivity contribution < 1.29 is 9.53 Å². The molecule has 0 fully saturated rings. The number of hydrogen-bond donors (Lipinski definition) is 3. The second kappa shape index (κ2) is 11.5. The van der Waals surface area contributed by atoms with Crippen molar-refractivity contribution in [1.29, 1.82) is 0 Å². The quantitative estimate of drug-likeness (QED) is 0.467. The van der Waals surface area contributed by atoms with E-state index in [1.54, 1.807) is 7.11 Å². The van der Waals surface area contributed by atoms with Gasteiger partial charge in [0.25, 0.3) is 0 Å². The monoisotopic (exact) mass is 320 g/mol. The molecule has 0 saturated heterocycles. The Morgan fingerprint density at radius 1 is 1.26 bits per heavy atom. The summed E-state index contributed by atoms with van der Waals surface area (Å²) in [5.41, 5.74) is 1.21. The smallest absolute Gasteiger partial charge is 0.241 e. The summed E-state index contributed by atoms with van der Waals surface area (Å²) < 4.78 is 5.08. The fourth-order valence-corrected chi connectivity index (χ4v) is 2.04. The minimum atomic E-state index is -0.0856. The Kier molecular flexibility index (Phi) is 9.47. The number of carbonyl (C=O) groups is 1. The van der Waals surface area contributed by atoms with Gasteiger partial charge < -0.3 is 20.7 Å². The SMILES string of the molecule is CCNC(=NCC(=O)NCCc1ccccc1)NC(C)COC. The average molecular weight is 320 g/mol. The maximum absolute atomic E-state index is 11.9. The van der Waals surface area contributed by atoms with Crippen molar-refractivity contribution in [1.82, 2.24) is 16.0 Å². The topological polar surface area (TPSA) is 74.8 Å². The lowest BCUT2D eigenvalue weighted by Gasteiger charge is -2.16. The van der Waals surface area contributed by atoms with Gasteiger partial charge in [-0.25, -0.2) is 4.99 Å². The molecule has 0 aliphatic heterocycles. The molecule has 1 rings (SSSR count). The third-order valence-corrected chi connectivity index (χ3v) is 3.10. The Balaban J connectivity index is 2.34. The lowest BCUT2D eigenvalue weighted by molar-refractivity contribution is -0.119. The molecule has 0 bridgehead atoms. The fraction of sp³-hybridized carbons (Fsp3) is 0.529. The van der Waals surface area contributed by atoms with Crippen molar-refractivity contribution in [3.05, 3.63) is 35.9 Å². The molecule has 1 amide bonds. The van der Waals surface area contributed by atoms with Crippen molar-refractivity contribution in [2.75, 3.05) is 33.4 Å². The Bertz CT molecular complexity index is 477. The Labute approximate surface area is 138 Å². The van der Waals surface area contributed by atoms with Crippen LogP contribution in [0.5, 0.6) is 0 Å². The molecular formula is C17H28N4O2. The van der Waals surface area contributed by atoms with Crippen molar-refractivity contribution in [2.24, 2.45) is 4.99 Å². The first-order valence-corrected chi connectivity index (χ1v) is 8.00. The first kappa shape index (κ1) is 19.0. The molecule has 1 aromatic carbocycles. The first-order valence-electron chi connectivity index (χ1n) is 8.00. The molecule has 0 aliphatic rings. The summed E-state index contributed by atoms with van der Waals surface area (Å²) in [6, 6.07) is 10.2. The maximum Gasteiger partial charge on any atom is 0.241 e. The number of benzene rings is 1. The van der Waals surface area contributed by atoms with Crippen LogP contribution in [0.1, 0.15) is 19.4 Å². The predicted molar refractivity (Wildman–Crippen MR) is 93.6 cm³/mol. The van der Waals surface area contributed by atoms with Gasteiger partial charge in [-0.15, -0.1) is 0 Å². The molecule has 6 heteroatoms. The van der Waals surface area contributed by atoms with Crippen molar-refractivity contribution in [3.8, 4) is 0 Å². The minimum Gasteiger partial charge on any atom is -0.383 e. The average Bonchev–Trinajstić information content (AvgIpc) is 2.54. The van der Waals surface area contributed by atoms with Crippen LogP contribution in [0.15, 0.2) is 35.3 Å². The van der Waals surface area contributed by atoms with E-state index in [0.717, 1.165) is 13.0 Å². The number of ether oxygens (including phenoxy) is 1. The summed E-state index contributed by atoms with van der Waals surface area (Å²) >= 11 is 0. The largest absolute Gasteiger partial charge is 0.383 e. The van der Waals surface area contributed by atoms with Crippen LogP contribution in [0.2, 0.25) is 0 Å². The van der Waals surface area contributed by atoms with Gasteiger partial charge in [0.2, 0.25) is 5.91 Å². The van der Waals surface area contributed by atoms with E-state index in [1.807, 2.05) is 32.0 Å². The second-order valence-corrected chi connectivity index (χ2v) is 5.28. The van der Waals surface area contributed by atoms with Gasteiger partial charge in [-0.05, 0) is 25.8 Å². The van der Waals surface area contributed by atoms with E-state index < -0.39 is 0 Å². The van der Waals surface area contributed by atoms with E-state index in [9.17, 15) is 4.79 Å². The summed E-state index contributed by atoms with van der Waals surface area (Å²) in [6.07, 6.45) is 0.819. The van der Waals surface area contributed by atoms with Gasteiger partial charge in [-0.1, -0.05) is 30.3 Å². The molecule has 0 aromatic heterocycles. The molecule has 0 radical (unpaired) electrons. The minimum absolute atomic E-state index is 0.0856. The number of aliphatic imine (C=N–C) groups is 1. The van der Waals surface area contributed by atoms with Gasteiger partial charge in [0, 0.05) is 26.2 Å². The molecule has 0 spiro atoms. The van der Waals surface area contributed by atoms with E-state index >= 15 is 0 Å². The van der Waals surface area contributed by atoms with E-state index in [4.69, 9.17) is 4.74 Å². The van der Waals surface area contributed by atoms with Crippen molar-refractivity contribution in [3.63, 3.8) is 0 Å². The maximum atomic E-state index is 11.9. The van der Waals surface area contributed by atoms with Crippen LogP contribution < -0.4 is 16.0 Å². The van der Waals surface area contributed by atoms with Crippen LogP contribution in [0.3, 0.4) is 0 Å².